The fourth-order valence-corrected chi connectivity index (χ4v) is 4.52. The van der Waals surface area contributed by atoms with Crippen LogP contribution in [-0.2, 0) is 0 Å². The van der Waals surface area contributed by atoms with Gasteiger partial charge in [-0.1, -0.05) is 0 Å². The lowest BCUT2D eigenvalue weighted by Crippen LogP contribution is -2.05. The van der Waals surface area contributed by atoms with Gasteiger partial charge in [0.25, 0.3) is 0 Å². The van der Waals surface area contributed by atoms with Crippen LogP contribution in [0.2, 0.25) is 0 Å². The van der Waals surface area contributed by atoms with Crippen molar-refractivity contribution in [3.63, 3.8) is 0 Å². The molecule has 3 fully saturated rings. The van der Waals surface area contributed by atoms with Crippen molar-refractivity contribution in [2.24, 2.45) is 0 Å². The third-order valence-corrected chi connectivity index (χ3v) is 6.74. The van der Waals surface area contributed by atoms with E-state index in [0.717, 1.165) is 17.8 Å². The molecular formula is C28H27+. The minimum atomic E-state index is 0.813. The molecule has 28 heavy (non-hydrogen) atoms. The van der Waals surface area contributed by atoms with E-state index in [1.165, 1.54) is 77.8 Å². The maximum Gasteiger partial charge on any atom is 0.0631 e. The second-order valence-electron chi connectivity index (χ2n) is 9.06. The summed E-state index contributed by atoms with van der Waals surface area (Å²) in [4.78, 5) is 0. The van der Waals surface area contributed by atoms with E-state index in [-0.39, 0.29) is 0 Å². The molecule has 0 aromatic heterocycles. The number of benzene rings is 3. The molecule has 138 valence electrons. The third-order valence-electron chi connectivity index (χ3n) is 6.74. The van der Waals surface area contributed by atoms with Crippen molar-refractivity contribution < 1.29 is 0 Å². The van der Waals surface area contributed by atoms with Crippen molar-refractivity contribution in [3.05, 3.63) is 112 Å². The lowest BCUT2D eigenvalue weighted by molar-refractivity contribution is 1.10. The number of rotatable bonds is 6. The van der Waals surface area contributed by atoms with Gasteiger partial charge in [0, 0.05) is 0 Å². The Balaban J connectivity index is 1.37. The zero-order valence-corrected chi connectivity index (χ0v) is 16.4. The molecule has 3 aliphatic rings. The molecule has 0 bridgehead atoms. The molecule has 0 N–H and O–H groups in total. The van der Waals surface area contributed by atoms with Crippen molar-refractivity contribution in [1.82, 2.24) is 0 Å². The Morgan fingerprint density at radius 2 is 0.643 bits per heavy atom. The normalized spacial score (nSPS) is 18.9. The fraction of sp³-hybridized carbons (Fsp3) is 0.321. The van der Waals surface area contributed by atoms with E-state index in [1.54, 1.807) is 0 Å². The maximum atomic E-state index is 2.35. The van der Waals surface area contributed by atoms with Gasteiger partial charge in [-0.15, -0.1) is 0 Å². The average Bonchev–Trinajstić information content (AvgIpc) is 3.60. The van der Waals surface area contributed by atoms with Crippen LogP contribution in [0.3, 0.4) is 0 Å². The predicted molar refractivity (Wildman–Crippen MR) is 116 cm³/mol. The smallest absolute Gasteiger partial charge is 0.0458 e. The second kappa shape index (κ2) is 6.55. The molecule has 3 aliphatic carbocycles. The van der Waals surface area contributed by atoms with Crippen LogP contribution < -0.4 is 0 Å². The molecular weight excluding hydrogens is 336 g/mol. The summed E-state index contributed by atoms with van der Waals surface area (Å²) < 4.78 is 0. The Kier molecular flexibility index (Phi) is 3.86. The molecule has 0 radical (unpaired) electrons. The quantitative estimate of drug-likeness (QED) is 0.317. The van der Waals surface area contributed by atoms with Gasteiger partial charge in [-0.25, -0.2) is 0 Å². The minimum absolute atomic E-state index is 0.813. The molecule has 0 unspecified atom stereocenters. The van der Waals surface area contributed by atoms with Gasteiger partial charge in [-0.05, 0) is 146 Å². The molecule has 3 saturated carbocycles. The van der Waals surface area contributed by atoms with Crippen molar-refractivity contribution in [2.75, 3.05) is 0 Å². The lowest BCUT2D eigenvalue weighted by Gasteiger charge is -2.15. The topological polar surface area (TPSA) is 0 Å². The Labute approximate surface area is 168 Å². The predicted octanol–water partition coefficient (Wildman–Crippen LogP) is 7.34. The summed E-state index contributed by atoms with van der Waals surface area (Å²) in [6.07, 6.45) is 8.17. The van der Waals surface area contributed by atoms with E-state index in [2.05, 4.69) is 72.8 Å². The molecule has 0 heteroatoms. The van der Waals surface area contributed by atoms with Crippen LogP contribution in [0, 0.1) is 5.92 Å². The standard InChI is InChI=1S/C28H27/c1-2-19(1)22-7-13-25(14-8-22)28(26-15-9-23(10-16-26)20-3-4-20)27-17-11-24(12-18-27)21-5-6-21/h7-21H,1-6H2/q+1. The lowest BCUT2D eigenvalue weighted by atomic mass is 9.83. The average molecular weight is 364 g/mol. The maximum absolute atomic E-state index is 2.35. The molecule has 0 atom stereocenters. The fourth-order valence-electron chi connectivity index (χ4n) is 4.52. The van der Waals surface area contributed by atoms with Crippen molar-refractivity contribution in [1.29, 1.82) is 0 Å². The van der Waals surface area contributed by atoms with E-state index < -0.39 is 0 Å². The molecule has 0 amide bonds. The molecule has 0 nitrogen and oxygen atoms in total. The largest absolute Gasteiger partial charge is 0.0631 e. The van der Waals surface area contributed by atoms with Crippen LogP contribution in [0.5, 0.6) is 0 Å². The van der Waals surface area contributed by atoms with Gasteiger partial charge in [0.15, 0.2) is 0 Å². The molecule has 6 rings (SSSR count). The Hall–Kier alpha value is -2.47. The van der Waals surface area contributed by atoms with Gasteiger partial charge in [0.1, 0.15) is 0 Å². The van der Waals surface area contributed by atoms with Crippen LogP contribution in [0.4, 0.5) is 0 Å². The van der Waals surface area contributed by atoms with E-state index in [0.29, 0.717) is 0 Å². The van der Waals surface area contributed by atoms with Gasteiger partial charge in [0.2, 0.25) is 0 Å². The van der Waals surface area contributed by atoms with Gasteiger partial charge >= 0.3 is 0 Å². The highest BCUT2D eigenvalue weighted by Gasteiger charge is 2.29. The SMILES string of the molecule is c1cc(C2CC2)ccc1[C+](c1ccc(C2CC2)cc1)c1ccc(C2CC2)cc1. The number of hydrogen-bond donors (Lipinski definition) is 0. The Morgan fingerprint density at radius 1 is 0.393 bits per heavy atom. The summed E-state index contributed by atoms with van der Waals surface area (Å²) in [5.74, 6) is 3.81. The Bertz CT molecular complexity index is 818. The highest BCUT2D eigenvalue weighted by molar-refractivity contribution is 5.58. The van der Waals surface area contributed by atoms with Gasteiger partial charge in [-0.2, -0.15) is 0 Å². The van der Waals surface area contributed by atoms with Crippen molar-refractivity contribution >= 4 is 0 Å². The zero-order chi connectivity index (χ0) is 18.5. The highest BCUT2D eigenvalue weighted by Crippen LogP contribution is 2.43. The van der Waals surface area contributed by atoms with E-state index in [4.69, 9.17) is 0 Å². The van der Waals surface area contributed by atoms with Gasteiger partial charge in [-0.3, -0.25) is 0 Å². The zero-order valence-electron chi connectivity index (χ0n) is 16.4. The van der Waals surface area contributed by atoms with Crippen molar-refractivity contribution in [2.45, 2.75) is 56.3 Å². The molecule has 3 aromatic carbocycles. The third kappa shape index (κ3) is 3.26. The first-order valence-corrected chi connectivity index (χ1v) is 11.0. The minimum Gasteiger partial charge on any atom is -0.0458 e. The van der Waals surface area contributed by atoms with Crippen LogP contribution in [0.25, 0.3) is 0 Å². The molecule has 0 heterocycles. The van der Waals surface area contributed by atoms with E-state index >= 15 is 0 Å². The first-order valence-electron chi connectivity index (χ1n) is 11.0. The van der Waals surface area contributed by atoms with E-state index in [9.17, 15) is 0 Å². The van der Waals surface area contributed by atoms with Gasteiger partial charge < -0.3 is 0 Å². The molecule has 3 aromatic rings. The summed E-state index contributed by atoms with van der Waals surface area (Å²) in [6.45, 7) is 0. The Morgan fingerprint density at radius 3 is 0.857 bits per heavy atom. The summed E-state index contributed by atoms with van der Waals surface area (Å²) in [5, 5.41) is 0. The summed E-state index contributed by atoms with van der Waals surface area (Å²) in [7, 11) is 0. The summed E-state index contributed by atoms with van der Waals surface area (Å²) >= 11 is 0. The van der Waals surface area contributed by atoms with Crippen LogP contribution in [-0.4, -0.2) is 0 Å². The summed E-state index contributed by atoms with van der Waals surface area (Å²) in [6, 6.07) is 28.1. The van der Waals surface area contributed by atoms with Crippen LogP contribution in [0.15, 0.2) is 72.8 Å². The van der Waals surface area contributed by atoms with E-state index in [1.807, 2.05) is 0 Å². The molecule has 0 spiro atoms. The second-order valence-corrected chi connectivity index (χ2v) is 9.06. The first-order chi connectivity index (χ1) is 13.8. The monoisotopic (exact) mass is 363 g/mol. The first kappa shape index (κ1) is 16.5. The summed E-state index contributed by atoms with van der Waals surface area (Å²) in [5.41, 5.74) is 8.54. The number of hydrogen-bond acceptors (Lipinski definition) is 0. The van der Waals surface area contributed by atoms with Crippen LogP contribution in [0.1, 0.15) is 89.7 Å². The van der Waals surface area contributed by atoms with Gasteiger partial charge in [0.05, 0.1) is 22.6 Å². The molecule has 0 saturated heterocycles. The molecule has 0 aliphatic heterocycles. The highest BCUT2D eigenvalue weighted by atomic mass is 14.3. The van der Waals surface area contributed by atoms with Crippen molar-refractivity contribution in [3.8, 4) is 0 Å². The van der Waals surface area contributed by atoms with Crippen LogP contribution >= 0.6 is 0 Å².